The van der Waals surface area contributed by atoms with Crippen LogP contribution in [0.2, 0.25) is 0 Å². The molecule has 0 radical (unpaired) electrons. The number of furan rings is 1. The van der Waals surface area contributed by atoms with Gasteiger partial charge in [-0.2, -0.15) is 4.68 Å². The van der Waals surface area contributed by atoms with Crippen LogP contribution in [0.15, 0.2) is 53.2 Å². The number of carbonyl (C=O) groups excluding carboxylic acids is 2. The number of fused-ring (bicyclic) bond motifs is 1. The van der Waals surface area contributed by atoms with Gasteiger partial charge >= 0.3 is 5.95 Å². The molecule has 0 spiro atoms. The second-order valence-electron chi connectivity index (χ2n) is 11.3. The molecule has 11 heteroatoms. The zero-order valence-corrected chi connectivity index (χ0v) is 23.3. The Balaban J connectivity index is 1.25. The fraction of sp³-hybridized carbons (Fsp3) is 0.344. The van der Waals surface area contributed by atoms with Gasteiger partial charge in [0.25, 0.3) is 5.91 Å². The Morgan fingerprint density at radius 3 is 2.49 bits per heavy atom. The van der Waals surface area contributed by atoms with E-state index in [1.165, 1.54) is 18.1 Å². The monoisotopic (exact) mass is 583 g/mol. The van der Waals surface area contributed by atoms with Crippen LogP contribution in [-0.4, -0.2) is 45.0 Å². The van der Waals surface area contributed by atoms with E-state index in [2.05, 4.69) is 26.2 Å². The maximum atomic E-state index is 14.1. The number of amides is 1. The molecule has 0 bridgehead atoms. The number of hydrogen-bond acceptors (Lipinski definition) is 6. The lowest BCUT2D eigenvalue weighted by molar-refractivity contribution is -0.131. The van der Waals surface area contributed by atoms with Gasteiger partial charge in [0.1, 0.15) is 17.0 Å². The third kappa shape index (κ3) is 5.35. The first-order valence-corrected chi connectivity index (χ1v) is 13.8. The molecule has 9 nitrogen and oxygen atoms in total. The number of ether oxygens (including phenoxy) is 1. The van der Waals surface area contributed by atoms with Crippen molar-refractivity contribution in [1.82, 2.24) is 20.1 Å². The lowest BCUT2D eigenvalue weighted by Crippen LogP contribution is -2.58. The van der Waals surface area contributed by atoms with E-state index in [0.29, 0.717) is 35.2 Å². The molecule has 0 unspecified atom stereocenters. The predicted molar refractivity (Wildman–Crippen MR) is 153 cm³/mol. The lowest BCUT2D eigenvalue weighted by Gasteiger charge is -2.39. The lowest BCUT2D eigenvalue weighted by atomic mass is 9.74. The van der Waals surface area contributed by atoms with Crippen LogP contribution < -0.4 is 10.1 Å². The van der Waals surface area contributed by atoms with Gasteiger partial charge in [-0.15, -0.1) is 18.0 Å². The van der Waals surface area contributed by atoms with E-state index in [1.807, 2.05) is 18.2 Å². The smallest absolute Gasteiger partial charge is 0.393 e. The van der Waals surface area contributed by atoms with Crippen molar-refractivity contribution in [3.8, 4) is 34.9 Å². The number of nitrogens with one attached hydrogen (secondary N) is 1. The molecule has 43 heavy (non-hydrogen) atoms. The summed E-state index contributed by atoms with van der Waals surface area (Å²) in [4.78, 5) is 34.0. The number of carbonyl (C=O) groups is 2. The number of alkyl halides is 2. The van der Waals surface area contributed by atoms with Crippen molar-refractivity contribution in [3.63, 3.8) is 0 Å². The maximum Gasteiger partial charge on any atom is 0.393 e. The van der Waals surface area contributed by atoms with Gasteiger partial charge in [0, 0.05) is 30.1 Å². The third-order valence-electron chi connectivity index (χ3n) is 8.46. The highest BCUT2D eigenvalue weighted by Crippen LogP contribution is 2.50. The molecular weight excluding hydrogens is 556 g/mol. The molecule has 2 aliphatic rings. The van der Waals surface area contributed by atoms with E-state index >= 15 is 0 Å². The Morgan fingerprint density at radius 1 is 1.12 bits per heavy atom. The van der Waals surface area contributed by atoms with Crippen LogP contribution in [0.3, 0.4) is 0 Å². The van der Waals surface area contributed by atoms with Crippen molar-refractivity contribution < 1.29 is 27.5 Å². The molecule has 2 fully saturated rings. The molecule has 1 N–H and O–H groups in total. The van der Waals surface area contributed by atoms with Crippen LogP contribution in [0.4, 0.5) is 14.7 Å². The number of benzene rings is 2. The first-order chi connectivity index (χ1) is 20.6. The number of hydrogen-bond donors (Lipinski definition) is 1. The van der Waals surface area contributed by atoms with Gasteiger partial charge in [0.05, 0.1) is 12.6 Å². The minimum Gasteiger partial charge on any atom is -0.494 e. The average molecular weight is 584 g/mol. The highest BCUT2D eigenvalue weighted by molar-refractivity contribution is 6.01. The Hall–Kier alpha value is -5.03. The molecular formula is C32H27F2N5O4. The molecule has 2 aromatic heterocycles. The number of ketones is 1. The summed E-state index contributed by atoms with van der Waals surface area (Å²) < 4.78 is 41.1. The molecule has 1 amide bonds. The molecule has 2 saturated carbocycles. The summed E-state index contributed by atoms with van der Waals surface area (Å²) in [6.45, 7) is 7.08. The molecule has 2 aromatic carbocycles. The summed E-state index contributed by atoms with van der Waals surface area (Å²) >= 11 is 0. The summed E-state index contributed by atoms with van der Waals surface area (Å²) in [7, 11) is 1.53. The summed E-state index contributed by atoms with van der Waals surface area (Å²) in [5, 5.41) is 7.55. The summed E-state index contributed by atoms with van der Waals surface area (Å²) in [5.41, 5.74) is 0.651. The van der Waals surface area contributed by atoms with Crippen molar-refractivity contribution >= 4 is 28.6 Å². The highest BCUT2D eigenvalue weighted by Gasteiger charge is 2.52. The average Bonchev–Trinajstić information content (AvgIpc) is 3.40. The largest absolute Gasteiger partial charge is 0.494 e. The second-order valence-corrected chi connectivity index (χ2v) is 11.3. The van der Waals surface area contributed by atoms with Crippen molar-refractivity contribution in [2.24, 2.45) is 5.41 Å². The van der Waals surface area contributed by atoms with Gasteiger partial charge in [0.2, 0.25) is 5.92 Å². The maximum absolute atomic E-state index is 14.1. The number of halogens is 2. The van der Waals surface area contributed by atoms with Crippen LogP contribution in [0.1, 0.15) is 55.5 Å². The van der Waals surface area contributed by atoms with E-state index in [1.54, 1.807) is 24.3 Å². The predicted octanol–water partition coefficient (Wildman–Crippen LogP) is 6.29. The number of terminal acetylenes is 1. The molecule has 0 aliphatic heterocycles. The number of rotatable bonds is 8. The fourth-order valence-electron chi connectivity index (χ4n) is 5.59. The molecule has 4 aromatic rings. The molecule has 0 saturated heterocycles. The molecule has 0 atom stereocenters. The Kier molecular flexibility index (Phi) is 6.77. The quantitative estimate of drug-likeness (QED) is 0.193. The van der Waals surface area contributed by atoms with E-state index in [9.17, 15) is 18.4 Å². The van der Waals surface area contributed by atoms with Gasteiger partial charge in [-0.05, 0) is 61.1 Å². The van der Waals surface area contributed by atoms with E-state index in [0.717, 1.165) is 11.1 Å². The van der Waals surface area contributed by atoms with Crippen LogP contribution in [-0.2, 0) is 4.79 Å². The zero-order chi connectivity index (χ0) is 30.4. The van der Waals surface area contributed by atoms with Crippen molar-refractivity contribution in [3.05, 3.63) is 66.0 Å². The Bertz CT molecular complexity index is 1830. The molecule has 6 rings (SSSR count). The molecule has 2 aliphatic carbocycles. The zero-order valence-electron chi connectivity index (χ0n) is 23.3. The number of methoxy groups -OCH3 is 1. The van der Waals surface area contributed by atoms with E-state index < -0.39 is 35.6 Å². The minimum atomic E-state index is -2.88. The first-order valence-electron chi connectivity index (χ1n) is 13.8. The third-order valence-corrected chi connectivity index (χ3v) is 8.46. The molecule has 218 valence electrons. The standard InChI is InChI=1S/C32H27F2N5O4/c1-4-30(9-10-30)18-27(40)31(11-13-32(33,34)14-12-31)37-28(41)26-17-22-6-5-20(15-24(22)43-26)21-7-8-23(25(16-21)42-3)39-19-36-29(35-2)38-39/h1,5-8,15-17,19H,9-14,18H2,3H3,(H,37,41). The second kappa shape index (κ2) is 10.4. The van der Waals surface area contributed by atoms with Gasteiger partial charge < -0.3 is 19.3 Å². The highest BCUT2D eigenvalue weighted by atomic mass is 19.3. The summed E-state index contributed by atoms with van der Waals surface area (Å²) in [5.74, 6) is -0.658. The van der Waals surface area contributed by atoms with Gasteiger partial charge in [-0.25, -0.2) is 8.78 Å². The number of nitrogens with zero attached hydrogens (tertiary/aromatic N) is 4. The van der Waals surface area contributed by atoms with Crippen molar-refractivity contribution in [1.29, 1.82) is 0 Å². The topological polar surface area (TPSA) is 104 Å². The Morgan fingerprint density at radius 2 is 1.84 bits per heavy atom. The number of aromatic nitrogens is 3. The summed E-state index contributed by atoms with van der Waals surface area (Å²) in [6.07, 6.45) is 7.21. The molecule has 2 heterocycles. The summed E-state index contributed by atoms with van der Waals surface area (Å²) in [6, 6.07) is 12.5. The van der Waals surface area contributed by atoms with E-state index in [4.69, 9.17) is 22.1 Å². The SMILES string of the molecule is [C-]#[N+]c1ncn(-c2ccc(-c3ccc4cc(C(=O)NC5(C(=O)CC6(C#C)CC6)CCC(F)(F)CC5)oc4c3)cc2OC)n1. The normalized spacial score (nSPS) is 17.9. The van der Waals surface area contributed by atoms with Crippen molar-refractivity contribution in [2.75, 3.05) is 7.11 Å². The van der Waals surface area contributed by atoms with Gasteiger partial charge in [-0.3, -0.25) is 9.59 Å². The van der Waals surface area contributed by atoms with E-state index in [-0.39, 0.29) is 36.8 Å². The van der Waals surface area contributed by atoms with Crippen LogP contribution in [0.25, 0.3) is 32.6 Å². The number of Topliss-reactive ketones (excluding diaryl/α,β-unsaturated/α-hetero) is 1. The first kappa shape index (κ1) is 28.1. The van der Waals surface area contributed by atoms with Gasteiger partial charge in [0.15, 0.2) is 17.9 Å². The fourth-order valence-corrected chi connectivity index (χ4v) is 5.59. The van der Waals surface area contributed by atoms with Crippen molar-refractivity contribution in [2.45, 2.75) is 56.4 Å². The minimum absolute atomic E-state index is 0.0188. The van der Waals surface area contributed by atoms with Crippen LogP contribution in [0, 0.1) is 24.3 Å². The Labute approximate surface area is 246 Å². The van der Waals surface area contributed by atoms with Gasteiger partial charge in [-0.1, -0.05) is 29.2 Å². The van der Waals surface area contributed by atoms with Crippen LogP contribution >= 0.6 is 0 Å². The van der Waals surface area contributed by atoms with Crippen LogP contribution in [0.5, 0.6) is 5.75 Å².